The molecule has 0 radical (unpaired) electrons. The topological polar surface area (TPSA) is 67.9 Å². The minimum absolute atomic E-state index is 0.319. The van der Waals surface area contributed by atoms with E-state index in [0.29, 0.717) is 17.7 Å². The standard InChI is InChI=1S/C17H21N5/c1-11-19-16(18)21-17(20-11)22-7-6-14(10-22)15-8-12-4-2-3-5-13(12)9-15/h2-5,14-15H,6-10H2,1H3,(H2,18,19,20,21). The maximum Gasteiger partial charge on any atom is 0.230 e. The average molecular weight is 295 g/mol. The Morgan fingerprint density at radius 1 is 1.05 bits per heavy atom. The van der Waals surface area contributed by atoms with E-state index in [-0.39, 0.29) is 0 Å². The molecule has 0 bridgehead atoms. The first-order valence-corrected chi connectivity index (χ1v) is 7.99. The molecule has 1 unspecified atom stereocenters. The molecule has 1 atom stereocenters. The molecule has 114 valence electrons. The number of aryl methyl sites for hydroxylation is 1. The van der Waals surface area contributed by atoms with Gasteiger partial charge in [-0.05, 0) is 49.1 Å². The van der Waals surface area contributed by atoms with Crippen LogP contribution in [0.4, 0.5) is 11.9 Å². The number of benzene rings is 1. The van der Waals surface area contributed by atoms with Crippen molar-refractivity contribution in [2.24, 2.45) is 11.8 Å². The third-order valence-electron chi connectivity index (χ3n) is 5.01. The van der Waals surface area contributed by atoms with Crippen LogP contribution in [0.15, 0.2) is 24.3 Å². The first-order chi connectivity index (χ1) is 10.7. The number of anilines is 2. The lowest BCUT2D eigenvalue weighted by atomic mass is 9.89. The second-order valence-corrected chi connectivity index (χ2v) is 6.47. The fourth-order valence-corrected chi connectivity index (χ4v) is 3.91. The van der Waals surface area contributed by atoms with E-state index in [4.69, 9.17) is 5.73 Å². The summed E-state index contributed by atoms with van der Waals surface area (Å²) in [6.07, 6.45) is 3.64. The van der Waals surface area contributed by atoms with Gasteiger partial charge in [-0.25, -0.2) is 0 Å². The molecule has 1 saturated heterocycles. The summed E-state index contributed by atoms with van der Waals surface area (Å²) in [6, 6.07) is 8.85. The third kappa shape index (κ3) is 2.40. The van der Waals surface area contributed by atoms with Crippen LogP contribution in [-0.4, -0.2) is 28.0 Å². The lowest BCUT2D eigenvalue weighted by Crippen LogP contribution is -2.25. The van der Waals surface area contributed by atoms with Crippen molar-refractivity contribution in [1.82, 2.24) is 15.0 Å². The maximum atomic E-state index is 5.75. The summed E-state index contributed by atoms with van der Waals surface area (Å²) >= 11 is 0. The van der Waals surface area contributed by atoms with Crippen LogP contribution in [0, 0.1) is 18.8 Å². The summed E-state index contributed by atoms with van der Waals surface area (Å²) in [7, 11) is 0. The van der Waals surface area contributed by atoms with Gasteiger partial charge in [-0.15, -0.1) is 0 Å². The second kappa shape index (κ2) is 5.23. The molecule has 1 aliphatic carbocycles. The second-order valence-electron chi connectivity index (χ2n) is 6.47. The van der Waals surface area contributed by atoms with Crippen molar-refractivity contribution < 1.29 is 0 Å². The van der Waals surface area contributed by atoms with E-state index in [1.54, 1.807) is 0 Å². The molecule has 22 heavy (non-hydrogen) atoms. The molecule has 2 heterocycles. The molecule has 1 aromatic carbocycles. The van der Waals surface area contributed by atoms with Crippen LogP contribution in [0.3, 0.4) is 0 Å². The largest absolute Gasteiger partial charge is 0.368 e. The molecule has 4 rings (SSSR count). The zero-order chi connectivity index (χ0) is 15.1. The van der Waals surface area contributed by atoms with E-state index in [9.17, 15) is 0 Å². The van der Waals surface area contributed by atoms with Crippen LogP contribution < -0.4 is 10.6 Å². The first kappa shape index (κ1) is 13.5. The normalized spacial score (nSPS) is 21.3. The van der Waals surface area contributed by atoms with Gasteiger partial charge < -0.3 is 10.6 Å². The number of nitrogens with zero attached hydrogens (tertiary/aromatic N) is 4. The van der Waals surface area contributed by atoms with Gasteiger partial charge in [0.2, 0.25) is 11.9 Å². The number of aromatic nitrogens is 3. The highest BCUT2D eigenvalue weighted by Crippen LogP contribution is 2.36. The molecule has 2 N–H and O–H groups in total. The number of hydrogen-bond acceptors (Lipinski definition) is 5. The van der Waals surface area contributed by atoms with E-state index >= 15 is 0 Å². The maximum absolute atomic E-state index is 5.75. The van der Waals surface area contributed by atoms with Gasteiger partial charge in [0, 0.05) is 13.1 Å². The molecule has 2 aromatic rings. The molecular formula is C17H21N5. The summed E-state index contributed by atoms with van der Waals surface area (Å²) in [6.45, 7) is 3.91. The van der Waals surface area contributed by atoms with Crippen LogP contribution in [0.1, 0.15) is 23.4 Å². The van der Waals surface area contributed by atoms with Gasteiger partial charge in [0.25, 0.3) is 0 Å². The van der Waals surface area contributed by atoms with Crippen LogP contribution in [-0.2, 0) is 12.8 Å². The highest BCUT2D eigenvalue weighted by molar-refractivity contribution is 5.37. The lowest BCUT2D eigenvalue weighted by Gasteiger charge is -2.20. The Hall–Kier alpha value is -2.17. The highest BCUT2D eigenvalue weighted by atomic mass is 15.3. The molecule has 5 heteroatoms. The summed E-state index contributed by atoms with van der Waals surface area (Å²) < 4.78 is 0. The minimum atomic E-state index is 0.319. The molecule has 5 nitrogen and oxygen atoms in total. The van der Waals surface area contributed by atoms with E-state index < -0.39 is 0 Å². The van der Waals surface area contributed by atoms with Crippen molar-refractivity contribution in [2.45, 2.75) is 26.2 Å². The molecule has 0 saturated carbocycles. The Bertz CT molecular complexity index is 654. The predicted molar refractivity (Wildman–Crippen MR) is 86.6 cm³/mol. The van der Waals surface area contributed by atoms with Gasteiger partial charge in [0.1, 0.15) is 5.82 Å². The number of fused-ring (bicyclic) bond motifs is 1. The van der Waals surface area contributed by atoms with Crippen molar-refractivity contribution in [1.29, 1.82) is 0 Å². The SMILES string of the molecule is Cc1nc(N)nc(N2CCC(C3Cc4ccccc4C3)C2)n1. The number of rotatable bonds is 2. The Morgan fingerprint density at radius 3 is 2.45 bits per heavy atom. The van der Waals surface area contributed by atoms with Gasteiger partial charge in [-0.2, -0.15) is 15.0 Å². The molecule has 2 aliphatic rings. The van der Waals surface area contributed by atoms with Crippen molar-refractivity contribution in [3.8, 4) is 0 Å². The highest BCUT2D eigenvalue weighted by Gasteiger charge is 2.34. The Labute approximate surface area is 130 Å². The summed E-state index contributed by atoms with van der Waals surface area (Å²) in [5, 5.41) is 0. The third-order valence-corrected chi connectivity index (χ3v) is 5.01. The Kier molecular flexibility index (Phi) is 3.21. The summed E-state index contributed by atoms with van der Waals surface area (Å²) in [5.41, 5.74) is 8.82. The van der Waals surface area contributed by atoms with Crippen LogP contribution in [0.25, 0.3) is 0 Å². The summed E-state index contributed by atoms with van der Waals surface area (Å²) in [5.74, 6) is 3.22. The van der Waals surface area contributed by atoms with E-state index in [0.717, 1.165) is 25.0 Å². The Balaban J connectivity index is 1.47. The smallest absolute Gasteiger partial charge is 0.230 e. The molecule has 1 aromatic heterocycles. The van der Waals surface area contributed by atoms with E-state index in [2.05, 4.69) is 44.1 Å². The zero-order valence-corrected chi connectivity index (χ0v) is 12.9. The monoisotopic (exact) mass is 295 g/mol. The van der Waals surface area contributed by atoms with E-state index in [1.165, 1.54) is 30.4 Å². The van der Waals surface area contributed by atoms with Crippen molar-refractivity contribution in [2.75, 3.05) is 23.7 Å². The first-order valence-electron chi connectivity index (χ1n) is 7.99. The summed E-state index contributed by atoms with van der Waals surface area (Å²) in [4.78, 5) is 15.1. The minimum Gasteiger partial charge on any atom is -0.368 e. The quantitative estimate of drug-likeness (QED) is 0.918. The van der Waals surface area contributed by atoms with Gasteiger partial charge in [0.15, 0.2) is 0 Å². The van der Waals surface area contributed by atoms with Gasteiger partial charge in [-0.3, -0.25) is 0 Å². The molecule has 1 aliphatic heterocycles. The predicted octanol–water partition coefficient (Wildman–Crippen LogP) is 2.00. The molecular weight excluding hydrogens is 274 g/mol. The van der Waals surface area contributed by atoms with Crippen LogP contribution in [0.5, 0.6) is 0 Å². The average Bonchev–Trinajstić information content (AvgIpc) is 3.13. The van der Waals surface area contributed by atoms with Gasteiger partial charge in [-0.1, -0.05) is 24.3 Å². The van der Waals surface area contributed by atoms with Crippen molar-refractivity contribution in [3.63, 3.8) is 0 Å². The fourth-order valence-electron chi connectivity index (χ4n) is 3.91. The van der Waals surface area contributed by atoms with Gasteiger partial charge in [0.05, 0.1) is 0 Å². The van der Waals surface area contributed by atoms with Crippen molar-refractivity contribution in [3.05, 3.63) is 41.2 Å². The Morgan fingerprint density at radius 2 is 1.77 bits per heavy atom. The molecule has 1 fully saturated rings. The number of hydrogen-bond donors (Lipinski definition) is 1. The molecule has 0 amide bonds. The van der Waals surface area contributed by atoms with Crippen LogP contribution >= 0.6 is 0 Å². The lowest BCUT2D eigenvalue weighted by molar-refractivity contribution is 0.375. The zero-order valence-electron chi connectivity index (χ0n) is 12.9. The molecule has 0 spiro atoms. The van der Waals surface area contributed by atoms with Crippen molar-refractivity contribution >= 4 is 11.9 Å². The number of nitrogen functional groups attached to an aromatic ring is 1. The number of nitrogens with two attached hydrogens (primary N) is 1. The fraction of sp³-hybridized carbons (Fsp3) is 0.471. The van der Waals surface area contributed by atoms with Gasteiger partial charge >= 0.3 is 0 Å². The van der Waals surface area contributed by atoms with Crippen LogP contribution in [0.2, 0.25) is 0 Å². The van der Waals surface area contributed by atoms with E-state index in [1.807, 2.05) is 6.92 Å².